The van der Waals surface area contributed by atoms with E-state index in [-0.39, 0.29) is 11.9 Å². The van der Waals surface area contributed by atoms with Crippen LogP contribution in [0.3, 0.4) is 0 Å². The van der Waals surface area contributed by atoms with Crippen LogP contribution in [0.2, 0.25) is 0 Å². The first kappa shape index (κ1) is 14.7. The number of carbonyl (C=O) groups is 1. The van der Waals surface area contributed by atoms with E-state index in [1.807, 2.05) is 30.3 Å². The van der Waals surface area contributed by atoms with Crippen LogP contribution in [0.5, 0.6) is 0 Å². The summed E-state index contributed by atoms with van der Waals surface area (Å²) in [5.74, 6) is -0.0425. The molecular weight excluding hydrogens is 224 g/mol. The summed E-state index contributed by atoms with van der Waals surface area (Å²) in [6.45, 7) is 4.21. The van der Waals surface area contributed by atoms with Gasteiger partial charge in [-0.1, -0.05) is 50.6 Å². The van der Waals surface area contributed by atoms with Crippen molar-refractivity contribution < 1.29 is 4.79 Å². The molecule has 0 fully saturated rings. The Labute approximate surface area is 110 Å². The maximum atomic E-state index is 12.0. The molecule has 0 aliphatic heterocycles. The number of nitrogens with two attached hydrogens (primary N) is 1. The second-order valence-electron chi connectivity index (χ2n) is 4.70. The topological polar surface area (TPSA) is 55.1 Å². The van der Waals surface area contributed by atoms with Crippen LogP contribution in [-0.4, -0.2) is 18.0 Å². The van der Waals surface area contributed by atoms with Gasteiger partial charge in [-0.2, -0.15) is 0 Å². The molecule has 3 nitrogen and oxygen atoms in total. The minimum absolute atomic E-state index is 0.0425. The number of rotatable bonds is 7. The maximum Gasteiger partial charge on any atom is 0.237 e. The summed E-state index contributed by atoms with van der Waals surface area (Å²) in [6.07, 6.45) is 3.64. The van der Waals surface area contributed by atoms with Crippen LogP contribution >= 0.6 is 0 Å². The maximum absolute atomic E-state index is 12.0. The Balaban J connectivity index is 2.46. The average Bonchev–Trinajstić information content (AvgIpc) is 2.39. The van der Waals surface area contributed by atoms with Crippen LogP contribution in [0.1, 0.15) is 38.7 Å². The molecule has 0 saturated carbocycles. The van der Waals surface area contributed by atoms with Crippen LogP contribution in [0.25, 0.3) is 0 Å². The van der Waals surface area contributed by atoms with Crippen molar-refractivity contribution in [1.29, 1.82) is 0 Å². The number of hydrogen-bond acceptors (Lipinski definition) is 2. The van der Waals surface area contributed by atoms with Gasteiger partial charge in [-0.05, 0) is 24.8 Å². The standard InChI is InChI=1S/C15H24N2O/c1-3-8-13(4-2)17-15(18)14(16)11-12-9-6-5-7-10-12/h5-7,9-10,13-14H,3-4,8,11,16H2,1-2H3,(H,17,18). The van der Waals surface area contributed by atoms with Gasteiger partial charge in [0.15, 0.2) is 0 Å². The first-order valence-electron chi connectivity index (χ1n) is 6.77. The van der Waals surface area contributed by atoms with Crippen molar-refractivity contribution in [3.05, 3.63) is 35.9 Å². The molecule has 3 N–H and O–H groups in total. The highest BCUT2D eigenvalue weighted by atomic mass is 16.2. The summed E-state index contributed by atoms with van der Waals surface area (Å²) < 4.78 is 0. The molecule has 3 heteroatoms. The molecule has 18 heavy (non-hydrogen) atoms. The summed E-state index contributed by atoms with van der Waals surface area (Å²) >= 11 is 0. The zero-order valence-electron chi connectivity index (χ0n) is 11.4. The third-order valence-corrected chi connectivity index (χ3v) is 3.11. The molecule has 1 aromatic carbocycles. The summed E-state index contributed by atoms with van der Waals surface area (Å²) in [5.41, 5.74) is 7.04. The Kier molecular flexibility index (Phi) is 6.44. The lowest BCUT2D eigenvalue weighted by Gasteiger charge is -2.19. The van der Waals surface area contributed by atoms with E-state index in [0.717, 1.165) is 24.8 Å². The lowest BCUT2D eigenvalue weighted by molar-refractivity contribution is -0.123. The predicted octanol–water partition coefficient (Wildman–Crippen LogP) is 2.25. The number of hydrogen-bond donors (Lipinski definition) is 2. The fourth-order valence-electron chi connectivity index (χ4n) is 2.00. The van der Waals surface area contributed by atoms with Gasteiger partial charge in [-0.15, -0.1) is 0 Å². The number of carbonyl (C=O) groups excluding carboxylic acids is 1. The Bertz CT molecular complexity index is 351. The van der Waals surface area contributed by atoms with E-state index in [9.17, 15) is 4.79 Å². The SMILES string of the molecule is CCCC(CC)NC(=O)C(N)Cc1ccccc1. The summed E-state index contributed by atoms with van der Waals surface area (Å²) in [7, 11) is 0. The van der Waals surface area contributed by atoms with E-state index >= 15 is 0 Å². The molecule has 0 aliphatic carbocycles. The Morgan fingerprint density at radius 2 is 1.94 bits per heavy atom. The Morgan fingerprint density at radius 1 is 1.28 bits per heavy atom. The number of nitrogens with one attached hydrogen (secondary N) is 1. The van der Waals surface area contributed by atoms with Crippen molar-refractivity contribution in [2.24, 2.45) is 5.73 Å². The molecular formula is C15H24N2O. The summed E-state index contributed by atoms with van der Waals surface area (Å²) in [4.78, 5) is 12.0. The molecule has 1 rings (SSSR count). The average molecular weight is 248 g/mol. The molecule has 0 aromatic heterocycles. The molecule has 0 aliphatic rings. The van der Waals surface area contributed by atoms with E-state index < -0.39 is 6.04 Å². The first-order valence-corrected chi connectivity index (χ1v) is 6.77. The minimum atomic E-state index is -0.460. The third-order valence-electron chi connectivity index (χ3n) is 3.11. The van der Waals surface area contributed by atoms with Crippen molar-refractivity contribution >= 4 is 5.91 Å². The smallest absolute Gasteiger partial charge is 0.237 e. The van der Waals surface area contributed by atoms with Gasteiger partial charge in [0.2, 0.25) is 5.91 Å². The molecule has 2 atom stereocenters. The van der Waals surface area contributed by atoms with Crippen LogP contribution in [0, 0.1) is 0 Å². The quantitative estimate of drug-likeness (QED) is 0.777. The van der Waals surface area contributed by atoms with E-state index in [2.05, 4.69) is 19.2 Å². The third kappa shape index (κ3) is 4.88. The van der Waals surface area contributed by atoms with Crippen molar-refractivity contribution in [1.82, 2.24) is 5.32 Å². The van der Waals surface area contributed by atoms with Crippen LogP contribution in [-0.2, 0) is 11.2 Å². The molecule has 0 radical (unpaired) electrons. The van der Waals surface area contributed by atoms with Gasteiger partial charge < -0.3 is 11.1 Å². The highest BCUT2D eigenvalue weighted by Gasteiger charge is 2.16. The largest absolute Gasteiger partial charge is 0.352 e. The molecule has 0 bridgehead atoms. The highest BCUT2D eigenvalue weighted by Crippen LogP contribution is 2.04. The monoisotopic (exact) mass is 248 g/mol. The van der Waals surface area contributed by atoms with Gasteiger partial charge in [0.1, 0.15) is 0 Å². The molecule has 2 unspecified atom stereocenters. The van der Waals surface area contributed by atoms with E-state index in [1.165, 1.54) is 0 Å². The molecule has 1 amide bonds. The normalized spacial score (nSPS) is 13.9. The zero-order chi connectivity index (χ0) is 13.4. The predicted molar refractivity (Wildman–Crippen MR) is 75.3 cm³/mol. The van der Waals surface area contributed by atoms with Gasteiger partial charge in [0.25, 0.3) is 0 Å². The van der Waals surface area contributed by atoms with E-state index in [0.29, 0.717) is 6.42 Å². The second kappa shape index (κ2) is 7.88. The summed E-state index contributed by atoms with van der Waals surface area (Å²) in [5, 5.41) is 3.02. The van der Waals surface area contributed by atoms with E-state index in [4.69, 9.17) is 5.73 Å². The fraction of sp³-hybridized carbons (Fsp3) is 0.533. The number of amides is 1. The van der Waals surface area contributed by atoms with Gasteiger partial charge in [-0.3, -0.25) is 4.79 Å². The minimum Gasteiger partial charge on any atom is -0.352 e. The van der Waals surface area contributed by atoms with E-state index in [1.54, 1.807) is 0 Å². The Hall–Kier alpha value is -1.35. The highest BCUT2D eigenvalue weighted by molar-refractivity contribution is 5.82. The molecule has 100 valence electrons. The lowest BCUT2D eigenvalue weighted by Crippen LogP contribution is -2.46. The first-order chi connectivity index (χ1) is 8.67. The van der Waals surface area contributed by atoms with Crippen LogP contribution < -0.4 is 11.1 Å². The van der Waals surface area contributed by atoms with Gasteiger partial charge >= 0.3 is 0 Å². The lowest BCUT2D eigenvalue weighted by atomic mass is 10.0. The fourth-order valence-corrected chi connectivity index (χ4v) is 2.00. The van der Waals surface area contributed by atoms with Crippen molar-refractivity contribution in [3.8, 4) is 0 Å². The molecule has 0 saturated heterocycles. The van der Waals surface area contributed by atoms with Gasteiger partial charge in [0, 0.05) is 6.04 Å². The van der Waals surface area contributed by atoms with Crippen molar-refractivity contribution in [3.63, 3.8) is 0 Å². The van der Waals surface area contributed by atoms with Crippen LogP contribution in [0.4, 0.5) is 0 Å². The van der Waals surface area contributed by atoms with Crippen LogP contribution in [0.15, 0.2) is 30.3 Å². The van der Waals surface area contributed by atoms with Gasteiger partial charge in [-0.25, -0.2) is 0 Å². The van der Waals surface area contributed by atoms with Gasteiger partial charge in [0.05, 0.1) is 6.04 Å². The van der Waals surface area contributed by atoms with Crippen molar-refractivity contribution in [2.75, 3.05) is 0 Å². The molecule has 1 aromatic rings. The summed E-state index contributed by atoms with van der Waals surface area (Å²) in [6, 6.07) is 9.68. The van der Waals surface area contributed by atoms with Crippen molar-refractivity contribution in [2.45, 2.75) is 51.6 Å². The zero-order valence-corrected chi connectivity index (χ0v) is 11.4. The number of benzene rings is 1. The Morgan fingerprint density at radius 3 is 2.50 bits per heavy atom. The molecule has 0 spiro atoms. The second-order valence-corrected chi connectivity index (χ2v) is 4.70. The molecule has 0 heterocycles.